The van der Waals surface area contributed by atoms with Gasteiger partial charge in [-0.05, 0) is 43.9 Å². The Kier molecular flexibility index (Phi) is 4.66. The first-order valence-electron chi connectivity index (χ1n) is 10.4. The van der Waals surface area contributed by atoms with E-state index in [-0.39, 0.29) is 17.4 Å². The molecule has 1 unspecified atom stereocenters. The zero-order valence-electron chi connectivity index (χ0n) is 17.4. The number of benzene rings is 1. The topological polar surface area (TPSA) is 80.3 Å². The molecule has 3 aromatic rings. The SMILES string of the molecule is CN1CC2(CCN(C(=O)c3cnn(C)c3)CC2)CC1c1noc(-c2ccccc2)n1. The molecule has 1 aromatic carbocycles. The van der Waals surface area contributed by atoms with Gasteiger partial charge in [-0.25, -0.2) is 0 Å². The van der Waals surface area contributed by atoms with Crippen LogP contribution in [-0.4, -0.2) is 62.3 Å². The van der Waals surface area contributed by atoms with Crippen LogP contribution >= 0.6 is 0 Å². The van der Waals surface area contributed by atoms with E-state index in [0.29, 0.717) is 11.5 Å². The van der Waals surface area contributed by atoms with Gasteiger partial charge in [0, 0.05) is 38.4 Å². The van der Waals surface area contributed by atoms with Gasteiger partial charge in [0.05, 0.1) is 17.8 Å². The lowest BCUT2D eigenvalue weighted by molar-refractivity contribution is 0.0593. The minimum atomic E-state index is 0.0755. The number of aromatic nitrogens is 4. The fourth-order valence-corrected chi connectivity index (χ4v) is 4.89. The monoisotopic (exact) mass is 406 g/mol. The molecule has 1 amide bonds. The van der Waals surface area contributed by atoms with Gasteiger partial charge in [0.25, 0.3) is 11.8 Å². The van der Waals surface area contributed by atoms with Crippen LogP contribution in [0.15, 0.2) is 47.2 Å². The van der Waals surface area contributed by atoms with Gasteiger partial charge < -0.3 is 9.42 Å². The summed E-state index contributed by atoms with van der Waals surface area (Å²) in [7, 11) is 3.96. The van der Waals surface area contributed by atoms with Crippen molar-refractivity contribution in [3.05, 3.63) is 54.1 Å². The molecule has 2 fully saturated rings. The molecule has 1 atom stereocenters. The number of piperidine rings is 1. The predicted octanol–water partition coefficient (Wildman–Crippen LogP) is 2.77. The van der Waals surface area contributed by atoms with Crippen molar-refractivity contribution in [2.24, 2.45) is 12.5 Å². The highest BCUT2D eigenvalue weighted by atomic mass is 16.5. The van der Waals surface area contributed by atoms with E-state index in [2.05, 4.69) is 27.2 Å². The molecule has 0 saturated carbocycles. The highest BCUT2D eigenvalue weighted by molar-refractivity contribution is 5.93. The normalized spacial score (nSPS) is 21.4. The van der Waals surface area contributed by atoms with Gasteiger partial charge in [-0.1, -0.05) is 23.4 Å². The van der Waals surface area contributed by atoms with Crippen molar-refractivity contribution >= 4 is 5.91 Å². The molecule has 5 rings (SSSR count). The molecule has 2 saturated heterocycles. The van der Waals surface area contributed by atoms with Crippen molar-refractivity contribution in [3.8, 4) is 11.5 Å². The van der Waals surface area contributed by atoms with Crippen molar-refractivity contribution in [1.29, 1.82) is 0 Å². The molecule has 156 valence electrons. The summed E-state index contributed by atoms with van der Waals surface area (Å²) < 4.78 is 7.21. The molecule has 8 nitrogen and oxygen atoms in total. The van der Waals surface area contributed by atoms with Gasteiger partial charge >= 0.3 is 0 Å². The van der Waals surface area contributed by atoms with Crippen LogP contribution in [0.25, 0.3) is 11.5 Å². The van der Waals surface area contributed by atoms with Crippen LogP contribution in [0.2, 0.25) is 0 Å². The summed E-state index contributed by atoms with van der Waals surface area (Å²) in [4.78, 5) is 21.7. The first-order valence-corrected chi connectivity index (χ1v) is 10.4. The average Bonchev–Trinajstić information content (AvgIpc) is 3.48. The molecule has 2 aromatic heterocycles. The molecule has 0 N–H and O–H groups in total. The third-order valence-corrected chi connectivity index (χ3v) is 6.57. The largest absolute Gasteiger partial charge is 0.339 e. The lowest BCUT2D eigenvalue weighted by Crippen LogP contribution is -2.44. The van der Waals surface area contributed by atoms with E-state index in [0.717, 1.165) is 50.3 Å². The number of nitrogens with zero attached hydrogens (tertiary/aromatic N) is 6. The van der Waals surface area contributed by atoms with Crippen molar-refractivity contribution in [2.75, 3.05) is 26.7 Å². The molecule has 1 spiro atoms. The van der Waals surface area contributed by atoms with Crippen molar-refractivity contribution in [2.45, 2.75) is 25.3 Å². The highest BCUT2D eigenvalue weighted by Gasteiger charge is 2.46. The number of rotatable bonds is 3. The van der Waals surface area contributed by atoms with E-state index >= 15 is 0 Å². The number of carbonyl (C=O) groups is 1. The molecule has 4 heterocycles. The Morgan fingerprint density at radius 1 is 1.17 bits per heavy atom. The van der Waals surface area contributed by atoms with Crippen LogP contribution in [0.1, 0.15) is 41.5 Å². The second-order valence-electron chi connectivity index (χ2n) is 8.65. The molecule has 0 aliphatic carbocycles. The van der Waals surface area contributed by atoms with Crippen LogP contribution < -0.4 is 0 Å². The van der Waals surface area contributed by atoms with Crippen molar-refractivity contribution in [1.82, 2.24) is 29.7 Å². The van der Waals surface area contributed by atoms with Crippen LogP contribution in [-0.2, 0) is 7.05 Å². The minimum absolute atomic E-state index is 0.0755. The number of aryl methyl sites for hydroxylation is 1. The first kappa shape index (κ1) is 19.0. The fourth-order valence-electron chi connectivity index (χ4n) is 4.89. The van der Waals surface area contributed by atoms with Gasteiger partial charge in [0.15, 0.2) is 5.82 Å². The van der Waals surface area contributed by atoms with Crippen LogP contribution in [0, 0.1) is 5.41 Å². The van der Waals surface area contributed by atoms with Gasteiger partial charge in [-0.2, -0.15) is 10.1 Å². The van der Waals surface area contributed by atoms with E-state index in [4.69, 9.17) is 4.52 Å². The van der Waals surface area contributed by atoms with Crippen LogP contribution in [0.5, 0.6) is 0 Å². The third-order valence-electron chi connectivity index (χ3n) is 6.57. The molecule has 8 heteroatoms. The molecular formula is C22H26N6O2. The standard InChI is InChI=1S/C22H26N6O2/c1-26-15-22(8-10-28(11-9-22)21(29)17-13-23-27(2)14-17)12-18(26)19-24-20(30-25-19)16-6-4-3-5-7-16/h3-7,13-14,18H,8-12,15H2,1-2H3. The number of likely N-dealkylation sites (tertiary alicyclic amines) is 2. The van der Waals surface area contributed by atoms with E-state index in [9.17, 15) is 4.79 Å². The summed E-state index contributed by atoms with van der Waals surface area (Å²) in [6, 6.07) is 10.0. The molecule has 0 radical (unpaired) electrons. The van der Waals surface area contributed by atoms with Gasteiger partial charge in [0.2, 0.25) is 0 Å². The summed E-state index contributed by atoms with van der Waals surface area (Å²) in [6.45, 7) is 2.54. The highest BCUT2D eigenvalue weighted by Crippen LogP contribution is 2.48. The second kappa shape index (κ2) is 7.36. The van der Waals surface area contributed by atoms with Gasteiger partial charge in [-0.3, -0.25) is 14.4 Å². The third kappa shape index (κ3) is 3.41. The molecule has 2 aliphatic rings. The van der Waals surface area contributed by atoms with Crippen molar-refractivity contribution in [3.63, 3.8) is 0 Å². The van der Waals surface area contributed by atoms with Crippen LogP contribution in [0.3, 0.4) is 0 Å². The van der Waals surface area contributed by atoms with Gasteiger partial charge in [-0.15, -0.1) is 0 Å². The summed E-state index contributed by atoms with van der Waals surface area (Å²) in [6.07, 6.45) is 6.40. The van der Waals surface area contributed by atoms with Crippen molar-refractivity contribution < 1.29 is 9.32 Å². The maximum Gasteiger partial charge on any atom is 0.257 e. The summed E-state index contributed by atoms with van der Waals surface area (Å²) in [5, 5.41) is 8.41. The van der Waals surface area contributed by atoms with E-state index in [1.54, 1.807) is 17.1 Å². The Morgan fingerprint density at radius 3 is 2.63 bits per heavy atom. The molecule has 2 aliphatic heterocycles. The molecular weight excluding hydrogens is 380 g/mol. The fraction of sp³-hybridized carbons (Fsp3) is 0.455. The Labute approximate surface area is 175 Å². The van der Waals surface area contributed by atoms with E-state index < -0.39 is 0 Å². The minimum Gasteiger partial charge on any atom is -0.339 e. The summed E-state index contributed by atoms with van der Waals surface area (Å²) >= 11 is 0. The zero-order valence-corrected chi connectivity index (χ0v) is 17.4. The number of amides is 1. The Hall–Kier alpha value is -3.00. The number of hydrogen-bond donors (Lipinski definition) is 0. The molecule has 30 heavy (non-hydrogen) atoms. The maximum atomic E-state index is 12.7. The quantitative estimate of drug-likeness (QED) is 0.665. The summed E-state index contributed by atoms with van der Waals surface area (Å²) in [5.41, 5.74) is 1.79. The number of carbonyl (C=O) groups excluding carboxylic acids is 1. The predicted molar refractivity (Wildman–Crippen MR) is 111 cm³/mol. The number of hydrogen-bond acceptors (Lipinski definition) is 6. The Balaban J connectivity index is 1.26. The lowest BCUT2D eigenvalue weighted by Gasteiger charge is -2.39. The van der Waals surface area contributed by atoms with Gasteiger partial charge in [0.1, 0.15) is 0 Å². The smallest absolute Gasteiger partial charge is 0.257 e. The Bertz CT molecular complexity index is 1030. The first-order chi connectivity index (χ1) is 14.5. The van der Waals surface area contributed by atoms with Crippen LogP contribution in [0.4, 0.5) is 0 Å². The average molecular weight is 406 g/mol. The second-order valence-corrected chi connectivity index (χ2v) is 8.65. The summed E-state index contributed by atoms with van der Waals surface area (Å²) in [5.74, 6) is 1.39. The Morgan fingerprint density at radius 2 is 1.93 bits per heavy atom. The zero-order chi connectivity index (χ0) is 20.7. The maximum absolute atomic E-state index is 12.7. The van der Waals surface area contributed by atoms with E-state index in [1.807, 2.05) is 42.3 Å². The van der Waals surface area contributed by atoms with E-state index in [1.165, 1.54) is 0 Å². The lowest BCUT2D eigenvalue weighted by atomic mass is 9.76. The molecule has 0 bridgehead atoms.